The molecule has 6 N–H and O–H groups in total. The first-order valence-corrected chi connectivity index (χ1v) is 6.16. The van der Waals surface area contributed by atoms with Gasteiger partial charge < -0.3 is 25.7 Å². The maximum absolute atomic E-state index is 10.9. The molecule has 20 heavy (non-hydrogen) atoms. The lowest BCUT2D eigenvalue weighted by Crippen LogP contribution is -2.31. The number of hydrazine groups is 1. The van der Waals surface area contributed by atoms with Crippen LogP contribution < -0.4 is 26.5 Å². The predicted molar refractivity (Wildman–Crippen MR) is 71.6 cm³/mol. The molecule has 1 aromatic rings. The summed E-state index contributed by atoms with van der Waals surface area (Å²) in [5.41, 5.74) is 8.11. The normalized spacial score (nSPS) is 15.3. The Hall–Kier alpha value is -2.41. The highest BCUT2D eigenvalue weighted by Crippen LogP contribution is 2.31. The molecule has 1 aliphatic rings. The molecule has 0 aromatic heterocycles. The number of aryl methyl sites for hydroxylation is 1. The van der Waals surface area contributed by atoms with Crippen LogP contribution in [-0.4, -0.2) is 17.2 Å². The summed E-state index contributed by atoms with van der Waals surface area (Å²) in [4.78, 5) is 10.9. The van der Waals surface area contributed by atoms with Gasteiger partial charge in [0.15, 0.2) is 5.70 Å². The zero-order valence-corrected chi connectivity index (χ0v) is 11.1. The molecular formula is C13H17N3O4. The van der Waals surface area contributed by atoms with Crippen molar-refractivity contribution in [3.05, 3.63) is 35.3 Å². The van der Waals surface area contributed by atoms with Crippen molar-refractivity contribution in [3.63, 3.8) is 0 Å². The molecule has 2 rings (SSSR count). The highest BCUT2D eigenvalue weighted by molar-refractivity contribution is 5.86. The molecule has 0 radical (unpaired) electrons. The van der Waals surface area contributed by atoms with Crippen molar-refractivity contribution in [2.75, 3.05) is 0 Å². The number of benzene rings is 1. The van der Waals surface area contributed by atoms with Gasteiger partial charge in [0, 0.05) is 6.07 Å². The smallest absolute Gasteiger partial charge is 0.358 e. The second-order valence-corrected chi connectivity index (χ2v) is 4.54. The van der Waals surface area contributed by atoms with Gasteiger partial charge in [-0.3, -0.25) is 5.84 Å². The van der Waals surface area contributed by atoms with Gasteiger partial charge in [-0.15, -0.1) is 0 Å². The van der Waals surface area contributed by atoms with E-state index >= 15 is 0 Å². The Balaban J connectivity index is 2.18. The Kier molecular flexibility index (Phi) is 3.99. The van der Waals surface area contributed by atoms with Gasteiger partial charge in [-0.1, -0.05) is 6.07 Å². The van der Waals surface area contributed by atoms with E-state index in [0.717, 1.165) is 18.4 Å². The van der Waals surface area contributed by atoms with E-state index in [1.54, 1.807) is 12.1 Å². The van der Waals surface area contributed by atoms with E-state index in [0.29, 0.717) is 11.5 Å². The Morgan fingerprint density at radius 1 is 1.45 bits per heavy atom. The molecule has 0 unspecified atom stereocenters. The summed E-state index contributed by atoms with van der Waals surface area (Å²) in [6, 6.07) is 5.17. The second kappa shape index (κ2) is 5.70. The third-order valence-corrected chi connectivity index (χ3v) is 2.81. The Bertz CT molecular complexity index is 553. The molecule has 0 aliphatic heterocycles. The van der Waals surface area contributed by atoms with Gasteiger partial charge in [-0.2, -0.15) is 0 Å². The highest BCUT2D eigenvalue weighted by atomic mass is 16.5. The van der Waals surface area contributed by atoms with Crippen LogP contribution in [0.2, 0.25) is 0 Å². The third-order valence-electron chi connectivity index (χ3n) is 2.81. The molecule has 108 valence electrons. The number of carboxylic acid groups (broad SMARTS) is 1. The minimum Gasteiger partial charge on any atom is -0.490 e. The number of aliphatic carboxylic acids is 1. The van der Waals surface area contributed by atoms with Crippen LogP contribution in [0.3, 0.4) is 0 Å². The van der Waals surface area contributed by atoms with Gasteiger partial charge >= 0.3 is 5.97 Å². The van der Waals surface area contributed by atoms with Crippen molar-refractivity contribution in [2.45, 2.75) is 25.9 Å². The minimum atomic E-state index is -1.30. The molecule has 0 saturated heterocycles. The molecule has 7 nitrogen and oxygen atoms in total. The second-order valence-electron chi connectivity index (χ2n) is 4.54. The van der Waals surface area contributed by atoms with Crippen molar-refractivity contribution < 1.29 is 19.4 Å². The lowest BCUT2D eigenvalue weighted by molar-refractivity contribution is -0.133. The first-order valence-electron chi connectivity index (χ1n) is 6.16. The molecule has 1 aromatic carbocycles. The van der Waals surface area contributed by atoms with Crippen molar-refractivity contribution in [1.29, 1.82) is 0 Å². The quantitative estimate of drug-likeness (QED) is 0.260. The van der Waals surface area contributed by atoms with E-state index in [2.05, 4.69) is 0 Å². The monoisotopic (exact) mass is 279 g/mol. The summed E-state index contributed by atoms with van der Waals surface area (Å²) in [5, 5.41) is 8.86. The lowest BCUT2D eigenvalue weighted by atomic mass is 10.2. The molecule has 7 heteroatoms. The van der Waals surface area contributed by atoms with Gasteiger partial charge in [-0.05, 0) is 31.4 Å². The highest BCUT2D eigenvalue weighted by Gasteiger charge is 2.24. The van der Waals surface area contributed by atoms with Crippen molar-refractivity contribution >= 4 is 5.97 Å². The fourth-order valence-electron chi connectivity index (χ4n) is 1.55. The van der Waals surface area contributed by atoms with E-state index in [1.165, 1.54) is 0 Å². The Morgan fingerprint density at radius 2 is 2.15 bits per heavy atom. The number of nitrogens with one attached hydrogen (secondary N) is 1. The first kappa shape index (κ1) is 14.0. The Morgan fingerprint density at radius 3 is 2.70 bits per heavy atom. The summed E-state index contributed by atoms with van der Waals surface area (Å²) in [6.45, 7) is 1.92. The van der Waals surface area contributed by atoms with E-state index in [4.69, 9.17) is 26.2 Å². The summed E-state index contributed by atoms with van der Waals surface area (Å²) in [6.07, 6.45) is 2.36. The van der Waals surface area contributed by atoms with Crippen LogP contribution in [0.15, 0.2) is 29.8 Å². The van der Waals surface area contributed by atoms with Crippen molar-refractivity contribution in [1.82, 2.24) is 5.43 Å². The summed E-state index contributed by atoms with van der Waals surface area (Å²) in [5.74, 6) is 4.56. The minimum absolute atomic E-state index is 0.261. The molecular weight excluding hydrogens is 262 g/mol. The van der Waals surface area contributed by atoms with E-state index < -0.39 is 11.7 Å². The van der Waals surface area contributed by atoms with Gasteiger partial charge in [-0.25, -0.2) is 4.79 Å². The molecule has 0 spiro atoms. The first-order chi connectivity index (χ1) is 9.51. The average molecular weight is 279 g/mol. The zero-order chi connectivity index (χ0) is 14.7. The summed E-state index contributed by atoms with van der Waals surface area (Å²) < 4.78 is 11.0. The van der Waals surface area contributed by atoms with Crippen LogP contribution in [0.4, 0.5) is 0 Å². The zero-order valence-electron chi connectivity index (χ0n) is 11.1. The van der Waals surface area contributed by atoms with Crippen LogP contribution >= 0.6 is 0 Å². The molecule has 1 fully saturated rings. The summed E-state index contributed by atoms with van der Waals surface area (Å²) >= 11 is 0. The van der Waals surface area contributed by atoms with Crippen LogP contribution in [0.25, 0.3) is 0 Å². The third kappa shape index (κ3) is 3.33. The Labute approximate surface area is 116 Å². The molecule has 1 aliphatic carbocycles. The van der Waals surface area contributed by atoms with Crippen LogP contribution in [0.5, 0.6) is 11.5 Å². The molecule has 0 heterocycles. The number of nitrogens with two attached hydrogens (primary N) is 2. The maximum Gasteiger partial charge on any atom is 0.358 e. The number of carboxylic acids is 1. The van der Waals surface area contributed by atoms with E-state index in [1.807, 2.05) is 18.4 Å². The standard InChI is InChI=1S/C13H17N3O4/c1-7-2-3-9(6-10(7)19-8-4-5-8)20-12(14)11(16-15)13(17)18/h2-3,6,8,16H,4-5,14-15H2,1H3,(H,17,18)/b12-11+. The number of ether oxygens (including phenoxy) is 2. The van der Waals surface area contributed by atoms with Crippen molar-refractivity contribution in [3.8, 4) is 11.5 Å². The van der Waals surface area contributed by atoms with Gasteiger partial charge in [0.05, 0.1) is 6.10 Å². The van der Waals surface area contributed by atoms with E-state index in [-0.39, 0.29) is 12.0 Å². The molecule has 0 amide bonds. The lowest BCUT2D eigenvalue weighted by Gasteiger charge is -2.12. The maximum atomic E-state index is 10.9. The van der Waals surface area contributed by atoms with Gasteiger partial charge in [0.2, 0.25) is 5.88 Å². The molecule has 1 saturated carbocycles. The number of hydrogen-bond donors (Lipinski definition) is 4. The van der Waals surface area contributed by atoms with Crippen LogP contribution in [-0.2, 0) is 4.79 Å². The molecule has 0 bridgehead atoms. The average Bonchev–Trinajstić information content (AvgIpc) is 3.17. The number of carbonyl (C=O) groups is 1. The summed E-state index contributed by atoms with van der Waals surface area (Å²) in [7, 11) is 0. The number of hydrogen-bond acceptors (Lipinski definition) is 6. The predicted octanol–water partition coefficient (Wildman–Crippen LogP) is 0.591. The van der Waals surface area contributed by atoms with Crippen molar-refractivity contribution in [2.24, 2.45) is 11.6 Å². The van der Waals surface area contributed by atoms with Gasteiger partial charge in [0.25, 0.3) is 0 Å². The SMILES string of the molecule is Cc1ccc(O/C(N)=C(/NN)C(=O)O)cc1OC1CC1. The van der Waals surface area contributed by atoms with Crippen LogP contribution in [0, 0.1) is 6.92 Å². The number of rotatable bonds is 6. The molecule has 0 atom stereocenters. The fourth-order valence-corrected chi connectivity index (χ4v) is 1.55. The van der Waals surface area contributed by atoms with E-state index in [9.17, 15) is 4.79 Å². The fraction of sp³-hybridized carbons (Fsp3) is 0.308. The van der Waals surface area contributed by atoms with Gasteiger partial charge in [0.1, 0.15) is 11.5 Å². The van der Waals surface area contributed by atoms with Crippen LogP contribution in [0.1, 0.15) is 18.4 Å². The largest absolute Gasteiger partial charge is 0.490 e. The topological polar surface area (TPSA) is 120 Å².